The summed E-state index contributed by atoms with van der Waals surface area (Å²) in [6.45, 7) is 1.86. The highest BCUT2D eigenvalue weighted by Crippen LogP contribution is 2.29. The van der Waals surface area contributed by atoms with Crippen molar-refractivity contribution in [1.82, 2.24) is 10.2 Å². The predicted molar refractivity (Wildman–Crippen MR) is 90.4 cm³/mol. The summed E-state index contributed by atoms with van der Waals surface area (Å²) in [5.41, 5.74) is 0.481. The first-order valence-corrected chi connectivity index (χ1v) is 7.83. The molecule has 1 aliphatic rings. The Morgan fingerprint density at radius 2 is 1.80 bits per heavy atom. The minimum absolute atomic E-state index is 0.0260. The average molecular weight is 335 g/mol. The zero-order valence-corrected chi connectivity index (χ0v) is 13.7. The van der Waals surface area contributed by atoms with Gasteiger partial charge in [0.25, 0.3) is 5.91 Å². The molecule has 1 atom stereocenters. The number of nitrogens with one attached hydrogen (secondary N) is 1. The molecule has 25 heavy (non-hydrogen) atoms. The first kappa shape index (κ1) is 16.5. The van der Waals surface area contributed by atoms with Crippen LogP contribution in [0, 0.1) is 11.3 Å². The van der Waals surface area contributed by atoms with Crippen LogP contribution in [0.25, 0.3) is 0 Å². The van der Waals surface area contributed by atoms with Gasteiger partial charge in [-0.2, -0.15) is 5.26 Å². The van der Waals surface area contributed by atoms with Crippen LogP contribution in [0.3, 0.4) is 0 Å². The topological polar surface area (TPSA) is 82.4 Å². The monoisotopic (exact) mass is 335 g/mol. The van der Waals surface area contributed by atoms with Crippen molar-refractivity contribution in [1.29, 1.82) is 5.26 Å². The van der Waals surface area contributed by atoms with E-state index in [1.165, 1.54) is 4.90 Å². The molecule has 2 aromatic carbocycles. The maximum absolute atomic E-state index is 12.8. The summed E-state index contributed by atoms with van der Waals surface area (Å²) >= 11 is 0. The van der Waals surface area contributed by atoms with Crippen molar-refractivity contribution in [2.75, 3.05) is 6.61 Å². The summed E-state index contributed by atoms with van der Waals surface area (Å²) in [6.07, 6.45) is 0. The average Bonchev–Trinajstić information content (AvgIpc) is 2.86. The molecular formula is C19H17N3O3. The lowest BCUT2D eigenvalue weighted by molar-refractivity contribution is -0.131. The number of carbonyl (C=O) groups excluding carboxylic acids is 2. The van der Waals surface area contributed by atoms with E-state index in [2.05, 4.69) is 5.32 Å². The van der Waals surface area contributed by atoms with Gasteiger partial charge in [-0.3, -0.25) is 9.69 Å². The van der Waals surface area contributed by atoms with E-state index in [4.69, 9.17) is 10.00 Å². The van der Waals surface area contributed by atoms with Crippen LogP contribution in [-0.2, 0) is 16.9 Å². The number of ether oxygens (including phenoxy) is 1. The second kappa shape index (κ2) is 6.65. The molecule has 0 bridgehead atoms. The molecule has 1 N–H and O–H groups in total. The van der Waals surface area contributed by atoms with Gasteiger partial charge in [0.1, 0.15) is 17.4 Å². The number of nitriles is 1. The summed E-state index contributed by atoms with van der Waals surface area (Å²) in [6, 6.07) is 17.6. The maximum atomic E-state index is 12.8. The normalized spacial score (nSPS) is 19.4. The molecule has 3 amide bonds. The molecule has 1 heterocycles. The molecule has 2 aromatic rings. The number of nitrogens with zero attached hydrogens (tertiary/aromatic N) is 2. The van der Waals surface area contributed by atoms with Crippen molar-refractivity contribution in [2.24, 2.45) is 0 Å². The van der Waals surface area contributed by atoms with Crippen molar-refractivity contribution in [3.05, 3.63) is 65.7 Å². The first-order chi connectivity index (χ1) is 12.0. The molecule has 6 heteroatoms. The number of amides is 3. The van der Waals surface area contributed by atoms with Gasteiger partial charge in [0.2, 0.25) is 0 Å². The third kappa shape index (κ3) is 3.17. The highest BCUT2D eigenvalue weighted by molar-refractivity contribution is 6.07. The Morgan fingerprint density at radius 1 is 1.12 bits per heavy atom. The standard InChI is InChI=1S/C19H17N3O3/c1-19(15-5-3-2-4-6-15)17(23)22(18(24)21-19)13-14-7-9-16(10-8-14)25-12-11-20/h2-10H,12-13H2,1H3,(H,21,24). The van der Waals surface area contributed by atoms with Crippen LogP contribution in [0.15, 0.2) is 54.6 Å². The fraction of sp³-hybridized carbons (Fsp3) is 0.211. The zero-order chi connectivity index (χ0) is 17.9. The number of urea groups is 1. The fourth-order valence-corrected chi connectivity index (χ4v) is 2.80. The molecule has 1 fully saturated rings. The molecule has 0 aromatic heterocycles. The van der Waals surface area contributed by atoms with Gasteiger partial charge in [-0.1, -0.05) is 42.5 Å². The molecule has 0 saturated carbocycles. The second-order valence-corrected chi connectivity index (χ2v) is 5.90. The van der Waals surface area contributed by atoms with Crippen LogP contribution in [0.5, 0.6) is 5.75 Å². The molecule has 1 aliphatic heterocycles. The number of carbonyl (C=O) groups is 2. The van der Waals surface area contributed by atoms with Gasteiger partial charge in [0.05, 0.1) is 6.54 Å². The van der Waals surface area contributed by atoms with Gasteiger partial charge in [-0.05, 0) is 30.2 Å². The number of benzene rings is 2. The van der Waals surface area contributed by atoms with E-state index in [0.717, 1.165) is 11.1 Å². The summed E-state index contributed by atoms with van der Waals surface area (Å²) in [4.78, 5) is 26.4. The van der Waals surface area contributed by atoms with E-state index in [0.29, 0.717) is 5.75 Å². The molecule has 6 nitrogen and oxygen atoms in total. The largest absolute Gasteiger partial charge is 0.479 e. The summed E-state index contributed by atoms with van der Waals surface area (Å²) in [5, 5.41) is 11.3. The van der Waals surface area contributed by atoms with Crippen molar-refractivity contribution in [3.63, 3.8) is 0 Å². The third-order valence-corrected chi connectivity index (χ3v) is 4.19. The summed E-state index contributed by atoms with van der Waals surface area (Å²) in [5.74, 6) is 0.283. The Hall–Kier alpha value is -3.33. The predicted octanol–water partition coefficient (Wildman–Crippen LogP) is 2.56. The quantitative estimate of drug-likeness (QED) is 0.851. The molecular weight excluding hydrogens is 318 g/mol. The van der Waals surface area contributed by atoms with Crippen molar-refractivity contribution in [3.8, 4) is 11.8 Å². The summed E-state index contributed by atoms with van der Waals surface area (Å²) in [7, 11) is 0. The van der Waals surface area contributed by atoms with Gasteiger partial charge >= 0.3 is 6.03 Å². The molecule has 0 radical (unpaired) electrons. The first-order valence-electron chi connectivity index (χ1n) is 7.83. The molecule has 1 unspecified atom stereocenters. The summed E-state index contributed by atoms with van der Waals surface area (Å²) < 4.78 is 5.19. The van der Waals surface area contributed by atoms with Gasteiger partial charge in [0.15, 0.2) is 6.61 Å². The smallest absolute Gasteiger partial charge is 0.325 e. The van der Waals surface area contributed by atoms with E-state index < -0.39 is 11.6 Å². The van der Waals surface area contributed by atoms with Crippen LogP contribution < -0.4 is 10.1 Å². The SMILES string of the molecule is CC1(c2ccccc2)NC(=O)N(Cc2ccc(OCC#N)cc2)C1=O. The highest BCUT2D eigenvalue weighted by Gasteiger charge is 2.48. The maximum Gasteiger partial charge on any atom is 0.325 e. The van der Waals surface area contributed by atoms with Gasteiger partial charge in [-0.15, -0.1) is 0 Å². The van der Waals surface area contributed by atoms with Crippen LogP contribution in [-0.4, -0.2) is 23.4 Å². The third-order valence-electron chi connectivity index (χ3n) is 4.19. The number of imide groups is 1. The Bertz CT molecular complexity index is 827. The van der Waals surface area contributed by atoms with E-state index in [9.17, 15) is 9.59 Å². The minimum Gasteiger partial charge on any atom is -0.479 e. The number of hydrogen-bond donors (Lipinski definition) is 1. The second-order valence-electron chi connectivity index (χ2n) is 5.90. The fourth-order valence-electron chi connectivity index (χ4n) is 2.80. The van der Waals surface area contributed by atoms with Crippen molar-refractivity contribution < 1.29 is 14.3 Å². The minimum atomic E-state index is -1.06. The Labute approximate surface area is 145 Å². The van der Waals surface area contributed by atoms with Crippen LogP contribution in [0.2, 0.25) is 0 Å². The van der Waals surface area contributed by atoms with E-state index in [1.807, 2.05) is 36.4 Å². The van der Waals surface area contributed by atoms with E-state index >= 15 is 0 Å². The number of hydrogen-bond acceptors (Lipinski definition) is 4. The van der Waals surface area contributed by atoms with Gasteiger partial charge in [-0.25, -0.2) is 4.79 Å². The van der Waals surface area contributed by atoms with E-state index in [1.54, 1.807) is 31.2 Å². The lowest BCUT2D eigenvalue weighted by Gasteiger charge is -2.22. The molecule has 1 saturated heterocycles. The van der Waals surface area contributed by atoms with Gasteiger partial charge < -0.3 is 10.1 Å². The molecule has 3 rings (SSSR count). The van der Waals surface area contributed by atoms with Crippen molar-refractivity contribution in [2.45, 2.75) is 19.0 Å². The molecule has 0 spiro atoms. The highest BCUT2D eigenvalue weighted by atomic mass is 16.5. The Morgan fingerprint density at radius 3 is 2.44 bits per heavy atom. The lowest BCUT2D eigenvalue weighted by Crippen LogP contribution is -2.40. The van der Waals surface area contributed by atoms with Gasteiger partial charge in [0, 0.05) is 0 Å². The zero-order valence-electron chi connectivity index (χ0n) is 13.7. The number of rotatable bonds is 5. The van der Waals surface area contributed by atoms with Crippen LogP contribution in [0.4, 0.5) is 4.79 Å². The molecule has 0 aliphatic carbocycles. The lowest BCUT2D eigenvalue weighted by atomic mass is 9.92. The van der Waals surface area contributed by atoms with Crippen LogP contribution in [0.1, 0.15) is 18.1 Å². The Kier molecular flexibility index (Phi) is 4.40. The van der Waals surface area contributed by atoms with E-state index in [-0.39, 0.29) is 19.1 Å². The Balaban J connectivity index is 1.76. The van der Waals surface area contributed by atoms with Crippen LogP contribution >= 0.6 is 0 Å². The molecule has 126 valence electrons. The van der Waals surface area contributed by atoms with Crippen molar-refractivity contribution >= 4 is 11.9 Å².